The number of unbranched alkanes of at least 4 members (excludes halogenated alkanes) is 8. The van der Waals surface area contributed by atoms with Gasteiger partial charge in [0.25, 0.3) is 0 Å². The van der Waals surface area contributed by atoms with Crippen LogP contribution in [-0.4, -0.2) is 4.98 Å². The van der Waals surface area contributed by atoms with E-state index in [9.17, 15) is 0 Å². The number of hydrogen-bond acceptors (Lipinski definition) is 1. The van der Waals surface area contributed by atoms with Crippen LogP contribution in [0.25, 0.3) is 6.08 Å². The molecule has 0 aliphatic rings. The second-order valence-corrected chi connectivity index (χ2v) is 5.80. The number of aryl methyl sites for hydroxylation is 2. The Kier molecular flexibility index (Phi) is 9.02. The normalized spacial score (nSPS) is 10.7. The fourth-order valence-electron chi connectivity index (χ4n) is 2.58. The summed E-state index contributed by atoms with van der Waals surface area (Å²) in [6, 6.07) is 2.24. The zero-order valence-electron chi connectivity index (χ0n) is 13.5. The quantitative estimate of drug-likeness (QED) is 0.443. The Balaban J connectivity index is 2.08. The van der Waals surface area contributed by atoms with Gasteiger partial charge in [0.15, 0.2) is 0 Å². The van der Waals surface area contributed by atoms with Gasteiger partial charge in [-0.25, -0.2) is 0 Å². The standard InChI is InChI=1S/C19H31N/c1-4-6-7-8-9-10-11-12-13-14-18-15-19(5-2)17(3)20-16-18/h5,15-16H,2,4,6-14H2,1,3H3. The molecule has 0 radical (unpaired) electrons. The fourth-order valence-corrected chi connectivity index (χ4v) is 2.58. The summed E-state index contributed by atoms with van der Waals surface area (Å²) in [5.41, 5.74) is 3.61. The van der Waals surface area contributed by atoms with Crippen molar-refractivity contribution < 1.29 is 0 Å². The van der Waals surface area contributed by atoms with E-state index < -0.39 is 0 Å². The van der Waals surface area contributed by atoms with E-state index in [1.807, 2.05) is 19.2 Å². The van der Waals surface area contributed by atoms with Gasteiger partial charge in [0.1, 0.15) is 0 Å². The molecule has 0 saturated carbocycles. The maximum Gasteiger partial charge on any atom is 0.0444 e. The van der Waals surface area contributed by atoms with Crippen LogP contribution in [0.1, 0.15) is 81.5 Å². The van der Waals surface area contributed by atoms with Crippen LogP contribution in [0, 0.1) is 6.92 Å². The lowest BCUT2D eigenvalue weighted by Gasteiger charge is -2.05. The highest BCUT2D eigenvalue weighted by molar-refractivity contribution is 5.50. The summed E-state index contributed by atoms with van der Waals surface area (Å²) in [6.07, 6.45) is 17.6. The van der Waals surface area contributed by atoms with Crippen LogP contribution in [0.2, 0.25) is 0 Å². The largest absolute Gasteiger partial charge is 0.261 e. The first-order chi connectivity index (χ1) is 9.77. The molecule has 112 valence electrons. The van der Waals surface area contributed by atoms with Crippen LogP contribution in [0.3, 0.4) is 0 Å². The maximum absolute atomic E-state index is 4.44. The van der Waals surface area contributed by atoms with Gasteiger partial charge >= 0.3 is 0 Å². The number of rotatable bonds is 11. The van der Waals surface area contributed by atoms with Crippen molar-refractivity contribution in [2.24, 2.45) is 0 Å². The molecule has 20 heavy (non-hydrogen) atoms. The summed E-state index contributed by atoms with van der Waals surface area (Å²) in [4.78, 5) is 4.44. The van der Waals surface area contributed by atoms with Gasteiger partial charge in [0.05, 0.1) is 0 Å². The predicted octanol–water partition coefficient (Wildman–Crippen LogP) is 6.11. The van der Waals surface area contributed by atoms with Gasteiger partial charge in [-0.2, -0.15) is 0 Å². The van der Waals surface area contributed by atoms with Crippen molar-refractivity contribution in [3.8, 4) is 0 Å². The molecule has 0 saturated heterocycles. The van der Waals surface area contributed by atoms with Crippen molar-refractivity contribution in [1.29, 1.82) is 0 Å². The molecule has 0 N–H and O–H groups in total. The van der Waals surface area contributed by atoms with Crippen LogP contribution in [-0.2, 0) is 6.42 Å². The lowest BCUT2D eigenvalue weighted by molar-refractivity contribution is 0.564. The monoisotopic (exact) mass is 273 g/mol. The van der Waals surface area contributed by atoms with E-state index in [0.717, 1.165) is 12.1 Å². The molecule has 1 heteroatoms. The first-order valence-electron chi connectivity index (χ1n) is 8.36. The van der Waals surface area contributed by atoms with Crippen molar-refractivity contribution in [3.05, 3.63) is 35.7 Å². The Labute approximate surface area is 125 Å². The molecule has 1 rings (SSSR count). The Morgan fingerprint density at radius 3 is 2.20 bits per heavy atom. The minimum atomic E-state index is 1.08. The third-order valence-electron chi connectivity index (χ3n) is 3.97. The molecule has 1 heterocycles. The molecule has 0 amide bonds. The van der Waals surface area contributed by atoms with E-state index in [1.54, 1.807) is 0 Å². The second kappa shape index (κ2) is 10.7. The number of hydrogen-bond donors (Lipinski definition) is 0. The summed E-state index contributed by atoms with van der Waals surface area (Å²) in [7, 11) is 0. The Bertz CT molecular complexity index is 381. The van der Waals surface area contributed by atoms with Crippen LogP contribution in [0.15, 0.2) is 18.8 Å². The maximum atomic E-state index is 4.44. The van der Waals surface area contributed by atoms with Crippen molar-refractivity contribution in [1.82, 2.24) is 4.98 Å². The molecule has 1 nitrogen and oxygen atoms in total. The average Bonchev–Trinajstić information content (AvgIpc) is 2.47. The van der Waals surface area contributed by atoms with E-state index in [0.29, 0.717) is 0 Å². The van der Waals surface area contributed by atoms with E-state index in [1.165, 1.54) is 68.9 Å². The third-order valence-corrected chi connectivity index (χ3v) is 3.97. The Hall–Kier alpha value is -1.11. The molecule has 0 spiro atoms. The molecule has 0 fully saturated rings. The first kappa shape index (κ1) is 16.9. The highest BCUT2D eigenvalue weighted by atomic mass is 14.7. The number of nitrogens with zero attached hydrogens (tertiary/aromatic N) is 1. The zero-order chi connectivity index (χ0) is 14.6. The van der Waals surface area contributed by atoms with E-state index >= 15 is 0 Å². The molecule has 0 atom stereocenters. The Morgan fingerprint density at radius 1 is 1.00 bits per heavy atom. The van der Waals surface area contributed by atoms with Crippen molar-refractivity contribution in [2.75, 3.05) is 0 Å². The lowest BCUT2D eigenvalue weighted by Crippen LogP contribution is -1.92. The molecule has 0 aliphatic heterocycles. The van der Waals surface area contributed by atoms with Gasteiger partial charge < -0.3 is 0 Å². The van der Waals surface area contributed by atoms with Gasteiger partial charge in [-0.1, -0.05) is 70.9 Å². The van der Waals surface area contributed by atoms with E-state index in [2.05, 4.69) is 24.6 Å². The minimum Gasteiger partial charge on any atom is -0.261 e. The number of pyridine rings is 1. The summed E-state index contributed by atoms with van der Waals surface area (Å²) in [6.45, 7) is 8.16. The van der Waals surface area contributed by atoms with Crippen LogP contribution in [0.5, 0.6) is 0 Å². The van der Waals surface area contributed by atoms with Crippen LogP contribution in [0.4, 0.5) is 0 Å². The summed E-state index contributed by atoms with van der Waals surface area (Å²) < 4.78 is 0. The van der Waals surface area contributed by atoms with Gasteiger partial charge in [-0.3, -0.25) is 4.98 Å². The van der Waals surface area contributed by atoms with Crippen molar-refractivity contribution in [3.63, 3.8) is 0 Å². The zero-order valence-corrected chi connectivity index (χ0v) is 13.5. The molecule has 0 unspecified atom stereocenters. The first-order valence-corrected chi connectivity index (χ1v) is 8.36. The highest BCUT2D eigenvalue weighted by Gasteiger charge is 1.99. The molecule has 0 aliphatic carbocycles. The second-order valence-electron chi connectivity index (χ2n) is 5.80. The third kappa shape index (κ3) is 6.88. The smallest absolute Gasteiger partial charge is 0.0444 e. The van der Waals surface area contributed by atoms with Gasteiger partial charge in [-0.05, 0) is 37.0 Å². The minimum absolute atomic E-state index is 1.08. The summed E-state index contributed by atoms with van der Waals surface area (Å²) in [5.74, 6) is 0. The van der Waals surface area contributed by atoms with Crippen LogP contribution < -0.4 is 0 Å². The summed E-state index contributed by atoms with van der Waals surface area (Å²) >= 11 is 0. The summed E-state index contributed by atoms with van der Waals surface area (Å²) in [5, 5.41) is 0. The average molecular weight is 273 g/mol. The molecule has 0 bridgehead atoms. The predicted molar refractivity (Wildman–Crippen MR) is 90.0 cm³/mol. The van der Waals surface area contributed by atoms with Gasteiger partial charge in [0, 0.05) is 11.9 Å². The molecular weight excluding hydrogens is 242 g/mol. The fraction of sp³-hybridized carbons (Fsp3) is 0.632. The van der Waals surface area contributed by atoms with E-state index in [-0.39, 0.29) is 0 Å². The van der Waals surface area contributed by atoms with Gasteiger partial charge in [-0.15, -0.1) is 0 Å². The lowest BCUT2D eigenvalue weighted by atomic mass is 10.0. The van der Waals surface area contributed by atoms with Crippen LogP contribution >= 0.6 is 0 Å². The van der Waals surface area contributed by atoms with E-state index in [4.69, 9.17) is 0 Å². The van der Waals surface area contributed by atoms with Crippen molar-refractivity contribution in [2.45, 2.75) is 78.1 Å². The molecule has 1 aromatic rings. The molecule has 0 aromatic carbocycles. The topological polar surface area (TPSA) is 12.9 Å². The SMILES string of the molecule is C=Cc1cc(CCCCCCCCCCC)cnc1C. The van der Waals surface area contributed by atoms with Gasteiger partial charge in [0.2, 0.25) is 0 Å². The Morgan fingerprint density at radius 2 is 1.60 bits per heavy atom. The molecular formula is C19H31N. The van der Waals surface area contributed by atoms with Crippen molar-refractivity contribution >= 4 is 6.08 Å². The number of aromatic nitrogens is 1. The molecule has 1 aromatic heterocycles. The highest BCUT2D eigenvalue weighted by Crippen LogP contribution is 2.14.